The molecule has 0 spiro atoms. The van der Waals surface area contributed by atoms with Crippen molar-refractivity contribution in [3.05, 3.63) is 28.3 Å². The Kier molecular flexibility index (Phi) is 3.63. The van der Waals surface area contributed by atoms with Crippen molar-refractivity contribution in [2.24, 2.45) is 5.92 Å². The molecule has 0 aromatic heterocycles. The van der Waals surface area contributed by atoms with Crippen LogP contribution in [0.1, 0.15) is 24.0 Å². The van der Waals surface area contributed by atoms with E-state index in [0.29, 0.717) is 0 Å². The van der Waals surface area contributed by atoms with Crippen LogP contribution in [0.15, 0.2) is 12.1 Å². The molecule has 2 heterocycles. The van der Waals surface area contributed by atoms with Gasteiger partial charge in [-0.3, -0.25) is 4.90 Å². The molecule has 0 aliphatic carbocycles. The lowest BCUT2D eigenvalue weighted by Gasteiger charge is -2.29. The summed E-state index contributed by atoms with van der Waals surface area (Å²) >= 11 is 6.17. The van der Waals surface area contributed by atoms with Gasteiger partial charge in [-0.1, -0.05) is 11.6 Å². The summed E-state index contributed by atoms with van der Waals surface area (Å²) in [5.74, 6) is 1.27. The second kappa shape index (κ2) is 5.40. The zero-order valence-electron chi connectivity index (χ0n) is 10.9. The summed E-state index contributed by atoms with van der Waals surface area (Å²) in [5.41, 5.74) is 2.42. The highest BCUT2D eigenvalue weighted by Gasteiger charge is 2.22. The van der Waals surface area contributed by atoms with Gasteiger partial charge in [-0.05, 0) is 43.6 Å². The third-order valence-electron chi connectivity index (χ3n) is 3.99. The lowest BCUT2D eigenvalue weighted by Crippen LogP contribution is -2.32. The van der Waals surface area contributed by atoms with Crippen molar-refractivity contribution in [3.8, 4) is 11.8 Å². The minimum atomic E-state index is 0.234. The molecule has 1 aromatic carbocycles. The maximum atomic E-state index is 8.92. The summed E-state index contributed by atoms with van der Waals surface area (Å²) in [6, 6.07) is 6.39. The Morgan fingerprint density at radius 3 is 2.89 bits per heavy atom. The maximum Gasteiger partial charge on any atom is 0.127 e. The molecule has 0 saturated carbocycles. The van der Waals surface area contributed by atoms with Gasteiger partial charge >= 0.3 is 0 Å². The number of benzene rings is 1. The Balaban J connectivity index is 1.73. The number of hydrogen-bond acceptors (Lipinski definition) is 3. The van der Waals surface area contributed by atoms with E-state index in [1.54, 1.807) is 0 Å². The van der Waals surface area contributed by atoms with Gasteiger partial charge < -0.3 is 4.74 Å². The number of hydrogen-bond donors (Lipinski definition) is 0. The zero-order chi connectivity index (χ0) is 13.2. The highest BCUT2D eigenvalue weighted by molar-refractivity contribution is 6.30. The van der Waals surface area contributed by atoms with Crippen LogP contribution >= 0.6 is 11.6 Å². The summed E-state index contributed by atoms with van der Waals surface area (Å²) in [4.78, 5) is 2.39. The number of nitriles is 1. The quantitative estimate of drug-likeness (QED) is 0.833. The molecule has 3 rings (SSSR count). The monoisotopic (exact) mass is 276 g/mol. The molecule has 19 heavy (non-hydrogen) atoms. The average Bonchev–Trinajstić information content (AvgIpc) is 2.88. The second-order valence-electron chi connectivity index (χ2n) is 5.33. The molecular weight excluding hydrogens is 260 g/mol. The average molecular weight is 277 g/mol. The van der Waals surface area contributed by atoms with Crippen LogP contribution in [-0.4, -0.2) is 24.6 Å². The predicted octanol–water partition coefficient (Wildman–Crippen LogP) is 3.01. The van der Waals surface area contributed by atoms with Crippen molar-refractivity contribution < 1.29 is 4.74 Å². The smallest absolute Gasteiger partial charge is 0.127 e. The molecule has 1 saturated heterocycles. The molecule has 0 N–H and O–H groups in total. The van der Waals surface area contributed by atoms with Crippen LogP contribution in [0, 0.1) is 17.2 Å². The molecule has 0 amide bonds. The van der Waals surface area contributed by atoms with Crippen LogP contribution < -0.4 is 4.74 Å². The fourth-order valence-corrected chi connectivity index (χ4v) is 3.19. The van der Waals surface area contributed by atoms with E-state index in [0.717, 1.165) is 56.3 Å². The Morgan fingerprint density at radius 1 is 1.37 bits per heavy atom. The maximum absolute atomic E-state index is 8.92. The normalized spacial score (nSPS) is 19.8. The molecule has 0 radical (unpaired) electrons. The van der Waals surface area contributed by atoms with Gasteiger partial charge in [0.25, 0.3) is 0 Å². The van der Waals surface area contributed by atoms with Crippen molar-refractivity contribution in [2.45, 2.75) is 25.8 Å². The molecule has 1 fully saturated rings. The molecule has 2 aliphatic heterocycles. The largest absolute Gasteiger partial charge is 0.493 e. The highest BCUT2D eigenvalue weighted by Crippen LogP contribution is 2.34. The van der Waals surface area contributed by atoms with Crippen molar-refractivity contribution in [1.29, 1.82) is 5.26 Å². The lowest BCUT2D eigenvalue weighted by molar-refractivity contribution is 0.196. The number of likely N-dealkylation sites (tertiary alicyclic amines) is 1. The fourth-order valence-electron chi connectivity index (χ4n) is 2.92. The van der Waals surface area contributed by atoms with Crippen LogP contribution in [-0.2, 0) is 13.0 Å². The zero-order valence-corrected chi connectivity index (χ0v) is 11.6. The van der Waals surface area contributed by atoms with Gasteiger partial charge in [-0.15, -0.1) is 0 Å². The standard InChI is InChI=1S/C15H17ClN2O/c16-14-7-12-3-6-19-15(12)13(8-14)10-18-4-1-11(9-17)2-5-18/h7-8,11H,1-6,10H2. The Labute approximate surface area is 118 Å². The van der Waals surface area contributed by atoms with Crippen LogP contribution in [0.25, 0.3) is 0 Å². The first-order valence-corrected chi connectivity index (χ1v) is 7.20. The molecule has 100 valence electrons. The summed E-state index contributed by atoms with van der Waals surface area (Å²) < 4.78 is 5.73. The Hall–Kier alpha value is -1.24. The van der Waals surface area contributed by atoms with E-state index in [9.17, 15) is 0 Å². The SMILES string of the molecule is N#CC1CCN(Cc2cc(Cl)cc3c2OCC3)CC1. The van der Waals surface area contributed by atoms with E-state index in [4.69, 9.17) is 21.6 Å². The first-order chi connectivity index (χ1) is 9.26. The second-order valence-corrected chi connectivity index (χ2v) is 5.77. The van der Waals surface area contributed by atoms with E-state index in [1.807, 2.05) is 12.1 Å². The molecule has 4 heteroatoms. The molecular formula is C15H17ClN2O. The predicted molar refractivity (Wildman–Crippen MR) is 74.3 cm³/mol. The van der Waals surface area contributed by atoms with E-state index in [-0.39, 0.29) is 5.92 Å². The summed E-state index contributed by atoms with van der Waals surface area (Å²) in [5, 5.41) is 9.72. The van der Waals surface area contributed by atoms with Crippen molar-refractivity contribution in [1.82, 2.24) is 4.90 Å². The lowest BCUT2D eigenvalue weighted by atomic mass is 9.98. The summed E-state index contributed by atoms with van der Waals surface area (Å²) in [6.45, 7) is 3.61. The van der Waals surface area contributed by atoms with Crippen molar-refractivity contribution >= 4 is 11.6 Å². The van der Waals surface area contributed by atoms with Crippen LogP contribution in [0.3, 0.4) is 0 Å². The van der Waals surface area contributed by atoms with Crippen molar-refractivity contribution in [2.75, 3.05) is 19.7 Å². The van der Waals surface area contributed by atoms with Gasteiger partial charge in [0.1, 0.15) is 5.75 Å². The summed E-state index contributed by atoms with van der Waals surface area (Å²) in [6.07, 6.45) is 2.90. The van der Waals surface area contributed by atoms with Crippen LogP contribution in [0.4, 0.5) is 0 Å². The Bertz CT molecular complexity index is 516. The van der Waals surface area contributed by atoms with Crippen molar-refractivity contribution in [3.63, 3.8) is 0 Å². The minimum absolute atomic E-state index is 0.234. The molecule has 0 bridgehead atoms. The molecule has 3 nitrogen and oxygen atoms in total. The number of fused-ring (bicyclic) bond motifs is 1. The first kappa shape index (κ1) is 12.8. The van der Waals surface area contributed by atoms with E-state index in [2.05, 4.69) is 11.0 Å². The number of nitrogens with zero attached hydrogens (tertiary/aromatic N) is 2. The third kappa shape index (κ3) is 2.70. The van der Waals surface area contributed by atoms with E-state index < -0.39 is 0 Å². The molecule has 0 unspecified atom stereocenters. The number of rotatable bonds is 2. The number of ether oxygens (including phenoxy) is 1. The van der Waals surface area contributed by atoms with Gasteiger partial charge in [0.15, 0.2) is 0 Å². The third-order valence-corrected chi connectivity index (χ3v) is 4.21. The fraction of sp³-hybridized carbons (Fsp3) is 0.533. The first-order valence-electron chi connectivity index (χ1n) is 6.82. The highest BCUT2D eigenvalue weighted by atomic mass is 35.5. The van der Waals surface area contributed by atoms with E-state index in [1.165, 1.54) is 11.1 Å². The van der Waals surface area contributed by atoms with Gasteiger partial charge in [0, 0.05) is 29.5 Å². The number of piperidine rings is 1. The van der Waals surface area contributed by atoms with Crippen LogP contribution in [0.2, 0.25) is 5.02 Å². The minimum Gasteiger partial charge on any atom is -0.493 e. The van der Waals surface area contributed by atoms with Crippen LogP contribution in [0.5, 0.6) is 5.75 Å². The van der Waals surface area contributed by atoms with E-state index >= 15 is 0 Å². The van der Waals surface area contributed by atoms with Gasteiger partial charge in [0.05, 0.1) is 12.7 Å². The molecule has 0 atom stereocenters. The molecule has 1 aromatic rings. The van der Waals surface area contributed by atoms with Gasteiger partial charge in [0.2, 0.25) is 0 Å². The Morgan fingerprint density at radius 2 is 2.16 bits per heavy atom. The molecule has 2 aliphatic rings. The topological polar surface area (TPSA) is 36.3 Å². The number of halogens is 1. The summed E-state index contributed by atoms with van der Waals surface area (Å²) in [7, 11) is 0. The van der Waals surface area contributed by atoms with Gasteiger partial charge in [-0.25, -0.2) is 0 Å². The van der Waals surface area contributed by atoms with Gasteiger partial charge in [-0.2, -0.15) is 5.26 Å².